The molecule has 0 radical (unpaired) electrons. The summed E-state index contributed by atoms with van der Waals surface area (Å²) in [6.45, 7) is 1.83. The van der Waals surface area contributed by atoms with Crippen LogP contribution in [0.15, 0.2) is 23.2 Å². The quantitative estimate of drug-likeness (QED) is 0.923. The SMILES string of the molecule is O=C(CCN1CCC[C@@H]1c1nccs1)Nc1nccs1. The van der Waals surface area contributed by atoms with E-state index >= 15 is 0 Å². The summed E-state index contributed by atoms with van der Waals surface area (Å²) in [4.78, 5) is 22.7. The van der Waals surface area contributed by atoms with Crippen LogP contribution in [0.5, 0.6) is 0 Å². The second kappa shape index (κ2) is 6.43. The minimum absolute atomic E-state index is 0.0322. The molecule has 2 aromatic heterocycles. The Bertz CT molecular complexity index is 541. The Morgan fingerprint density at radius 1 is 1.35 bits per heavy atom. The van der Waals surface area contributed by atoms with Crippen LogP contribution in [0.25, 0.3) is 0 Å². The molecule has 0 unspecified atom stereocenters. The predicted octanol–water partition coefficient (Wildman–Crippen LogP) is 2.77. The Labute approximate surface area is 125 Å². The summed E-state index contributed by atoms with van der Waals surface area (Å²) >= 11 is 3.14. The maximum Gasteiger partial charge on any atom is 0.227 e. The molecule has 1 N–H and O–H groups in total. The molecule has 0 spiro atoms. The first-order chi connectivity index (χ1) is 9.83. The molecule has 0 saturated carbocycles. The molecule has 1 saturated heterocycles. The number of rotatable bonds is 5. The van der Waals surface area contributed by atoms with Gasteiger partial charge in [0.2, 0.25) is 5.91 Å². The molecule has 106 valence electrons. The van der Waals surface area contributed by atoms with E-state index in [4.69, 9.17) is 0 Å². The van der Waals surface area contributed by atoms with Crippen molar-refractivity contribution in [3.8, 4) is 0 Å². The third-order valence-corrected chi connectivity index (χ3v) is 4.97. The highest BCUT2D eigenvalue weighted by Gasteiger charge is 2.27. The molecule has 3 rings (SSSR count). The van der Waals surface area contributed by atoms with Crippen LogP contribution in [0, 0.1) is 0 Å². The molecule has 0 aromatic carbocycles. The van der Waals surface area contributed by atoms with Crippen molar-refractivity contribution in [2.75, 3.05) is 18.4 Å². The molecule has 1 amide bonds. The fourth-order valence-electron chi connectivity index (χ4n) is 2.48. The number of nitrogens with zero attached hydrogens (tertiary/aromatic N) is 3. The minimum atomic E-state index is 0.0322. The van der Waals surface area contributed by atoms with E-state index in [-0.39, 0.29) is 5.91 Å². The normalized spacial score (nSPS) is 19.3. The van der Waals surface area contributed by atoms with Crippen LogP contribution in [0.2, 0.25) is 0 Å². The van der Waals surface area contributed by atoms with Gasteiger partial charge >= 0.3 is 0 Å². The third kappa shape index (κ3) is 3.23. The van der Waals surface area contributed by atoms with Crippen LogP contribution >= 0.6 is 22.7 Å². The Balaban J connectivity index is 1.51. The largest absolute Gasteiger partial charge is 0.302 e. The summed E-state index contributed by atoms with van der Waals surface area (Å²) < 4.78 is 0. The fraction of sp³-hybridized carbons (Fsp3) is 0.462. The van der Waals surface area contributed by atoms with E-state index in [9.17, 15) is 4.79 Å². The van der Waals surface area contributed by atoms with Crippen molar-refractivity contribution in [3.05, 3.63) is 28.2 Å². The summed E-state index contributed by atoms with van der Waals surface area (Å²) in [5, 5.41) is 8.54. The summed E-state index contributed by atoms with van der Waals surface area (Å²) in [5.41, 5.74) is 0. The number of thiazole rings is 2. The summed E-state index contributed by atoms with van der Waals surface area (Å²) in [6, 6.07) is 0.391. The van der Waals surface area contributed by atoms with Crippen LogP contribution < -0.4 is 5.32 Å². The lowest BCUT2D eigenvalue weighted by Crippen LogP contribution is -2.27. The number of amides is 1. The van der Waals surface area contributed by atoms with Gasteiger partial charge in [0.1, 0.15) is 5.01 Å². The smallest absolute Gasteiger partial charge is 0.227 e. The van der Waals surface area contributed by atoms with Crippen molar-refractivity contribution in [3.63, 3.8) is 0 Å². The van der Waals surface area contributed by atoms with Crippen molar-refractivity contribution >= 4 is 33.7 Å². The van der Waals surface area contributed by atoms with Gasteiger partial charge in [-0.2, -0.15) is 0 Å². The second-order valence-corrected chi connectivity index (χ2v) is 6.52. The monoisotopic (exact) mass is 308 g/mol. The standard InChI is InChI=1S/C13H16N4OS2/c18-11(16-13-15-5-9-20-13)3-7-17-6-1-2-10(17)12-14-4-8-19-12/h4-5,8-10H,1-3,6-7H2,(H,15,16,18)/t10-/m1/s1. The number of carbonyl (C=O) groups is 1. The van der Waals surface area contributed by atoms with Crippen LogP contribution in [-0.2, 0) is 4.79 Å². The molecule has 3 heterocycles. The van der Waals surface area contributed by atoms with Gasteiger partial charge in [0.05, 0.1) is 6.04 Å². The van der Waals surface area contributed by atoms with E-state index in [0.717, 1.165) is 19.5 Å². The number of aromatic nitrogens is 2. The molecule has 7 heteroatoms. The topological polar surface area (TPSA) is 58.1 Å². The van der Waals surface area contributed by atoms with Gasteiger partial charge in [-0.15, -0.1) is 22.7 Å². The Hall–Kier alpha value is -1.31. The first-order valence-corrected chi connectivity index (χ1v) is 8.41. The van der Waals surface area contributed by atoms with Crippen molar-refractivity contribution in [2.24, 2.45) is 0 Å². The zero-order valence-electron chi connectivity index (χ0n) is 11.0. The van der Waals surface area contributed by atoms with Crippen molar-refractivity contribution in [2.45, 2.75) is 25.3 Å². The molecule has 20 heavy (non-hydrogen) atoms. The Morgan fingerprint density at radius 3 is 2.95 bits per heavy atom. The maximum atomic E-state index is 11.9. The van der Waals surface area contributed by atoms with Gasteiger partial charge < -0.3 is 5.32 Å². The lowest BCUT2D eigenvalue weighted by molar-refractivity contribution is -0.116. The summed E-state index contributed by atoms with van der Waals surface area (Å²) in [7, 11) is 0. The van der Waals surface area contributed by atoms with Gasteiger partial charge in [0.25, 0.3) is 0 Å². The highest BCUT2D eigenvalue weighted by Crippen LogP contribution is 2.32. The number of likely N-dealkylation sites (tertiary alicyclic amines) is 1. The first-order valence-electron chi connectivity index (χ1n) is 6.66. The van der Waals surface area contributed by atoms with E-state index < -0.39 is 0 Å². The van der Waals surface area contributed by atoms with E-state index in [0.29, 0.717) is 17.6 Å². The molecule has 0 aliphatic carbocycles. The molecule has 0 bridgehead atoms. The Kier molecular flexibility index (Phi) is 4.39. The highest BCUT2D eigenvalue weighted by atomic mass is 32.1. The third-order valence-electron chi connectivity index (χ3n) is 3.40. The first kappa shape index (κ1) is 13.7. The molecule has 1 aliphatic heterocycles. The molecule has 1 atom stereocenters. The molecule has 1 fully saturated rings. The number of carbonyl (C=O) groups excluding carboxylic acids is 1. The van der Waals surface area contributed by atoms with E-state index in [1.807, 2.05) is 17.0 Å². The average Bonchev–Trinajstić information content (AvgIpc) is 3.18. The van der Waals surface area contributed by atoms with Crippen molar-refractivity contribution in [1.29, 1.82) is 0 Å². The van der Waals surface area contributed by atoms with Crippen molar-refractivity contribution in [1.82, 2.24) is 14.9 Å². The number of nitrogens with one attached hydrogen (secondary N) is 1. The molecular formula is C13H16N4OS2. The lowest BCUT2D eigenvalue weighted by Gasteiger charge is -2.22. The van der Waals surface area contributed by atoms with E-state index in [1.165, 1.54) is 22.8 Å². The van der Waals surface area contributed by atoms with Crippen LogP contribution in [0.4, 0.5) is 5.13 Å². The number of hydrogen-bond acceptors (Lipinski definition) is 6. The predicted molar refractivity (Wildman–Crippen MR) is 81.0 cm³/mol. The van der Waals surface area contributed by atoms with Crippen molar-refractivity contribution < 1.29 is 4.79 Å². The zero-order valence-corrected chi connectivity index (χ0v) is 12.6. The van der Waals surface area contributed by atoms with Gasteiger partial charge in [-0.3, -0.25) is 9.69 Å². The van der Waals surface area contributed by atoms with Crippen LogP contribution in [0.1, 0.15) is 30.3 Å². The van der Waals surface area contributed by atoms with Gasteiger partial charge in [0.15, 0.2) is 5.13 Å². The maximum absolute atomic E-state index is 11.9. The van der Waals surface area contributed by atoms with Gasteiger partial charge in [0, 0.05) is 36.1 Å². The van der Waals surface area contributed by atoms with Crippen LogP contribution in [0.3, 0.4) is 0 Å². The molecule has 1 aliphatic rings. The summed E-state index contributed by atoms with van der Waals surface area (Å²) in [5.74, 6) is 0.0322. The van der Waals surface area contributed by atoms with E-state index in [2.05, 4.69) is 20.2 Å². The van der Waals surface area contributed by atoms with Gasteiger partial charge in [-0.05, 0) is 19.4 Å². The molecule has 2 aromatic rings. The number of hydrogen-bond donors (Lipinski definition) is 1. The minimum Gasteiger partial charge on any atom is -0.302 e. The highest BCUT2D eigenvalue weighted by molar-refractivity contribution is 7.13. The molecular weight excluding hydrogens is 292 g/mol. The number of anilines is 1. The average molecular weight is 308 g/mol. The van der Waals surface area contributed by atoms with E-state index in [1.54, 1.807) is 17.5 Å². The summed E-state index contributed by atoms with van der Waals surface area (Å²) in [6.07, 6.45) is 6.37. The van der Waals surface area contributed by atoms with Gasteiger partial charge in [-0.1, -0.05) is 0 Å². The van der Waals surface area contributed by atoms with Crippen LogP contribution in [-0.4, -0.2) is 33.9 Å². The Morgan fingerprint density at radius 2 is 2.20 bits per heavy atom. The fourth-order valence-corrected chi connectivity index (χ4v) is 3.84. The lowest BCUT2D eigenvalue weighted by atomic mass is 10.2. The van der Waals surface area contributed by atoms with Gasteiger partial charge in [-0.25, -0.2) is 9.97 Å². The zero-order chi connectivity index (χ0) is 13.8. The molecule has 5 nitrogen and oxygen atoms in total. The second-order valence-electron chi connectivity index (χ2n) is 4.70.